The number of ether oxygens (including phenoxy) is 1. The van der Waals surface area contributed by atoms with E-state index >= 15 is 0 Å². The zero-order chi connectivity index (χ0) is 26.5. The number of aliphatic hydroxyl groups excluding tert-OH is 1. The van der Waals surface area contributed by atoms with E-state index in [-0.39, 0.29) is 16.7 Å². The number of Topliss-reactive ketones (excluding diaryl/α,β-unsaturated/α-hetero) is 1. The molecule has 0 spiro atoms. The highest BCUT2D eigenvalue weighted by molar-refractivity contribution is 6.46. The van der Waals surface area contributed by atoms with Crippen molar-refractivity contribution >= 4 is 17.4 Å². The Kier molecular flexibility index (Phi) is 8.96. The third kappa shape index (κ3) is 5.98. The van der Waals surface area contributed by atoms with Gasteiger partial charge in [0.15, 0.2) is 0 Å². The lowest BCUT2D eigenvalue weighted by atomic mass is 9.85. The Balaban J connectivity index is 2.09. The number of rotatable bonds is 10. The van der Waals surface area contributed by atoms with Crippen molar-refractivity contribution in [2.24, 2.45) is 0 Å². The van der Waals surface area contributed by atoms with Crippen LogP contribution in [0.1, 0.15) is 70.7 Å². The van der Waals surface area contributed by atoms with Gasteiger partial charge in [-0.2, -0.15) is 0 Å². The Hall–Kier alpha value is -3.12. The van der Waals surface area contributed by atoms with Crippen molar-refractivity contribution in [2.75, 3.05) is 32.8 Å². The first-order valence-corrected chi connectivity index (χ1v) is 13.0. The number of amides is 1. The number of likely N-dealkylation sites (tertiary alicyclic amines) is 1. The molecular weight excluding hydrogens is 452 g/mol. The van der Waals surface area contributed by atoms with Crippen molar-refractivity contribution in [3.63, 3.8) is 0 Å². The van der Waals surface area contributed by atoms with Gasteiger partial charge in [-0.05, 0) is 48.2 Å². The van der Waals surface area contributed by atoms with Gasteiger partial charge in [0.2, 0.25) is 0 Å². The van der Waals surface area contributed by atoms with E-state index in [4.69, 9.17) is 4.74 Å². The third-order valence-electron chi connectivity index (χ3n) is 6.76. The predicted molar refractivity (Wildman–Crippen MR) is 144 cm³/mol. The lowest BCUT2D eigenvalue weighted by Crippen LogP contribution is -2.38. The van der Waals surface area contributed by atoms with Crippen LogP contribution in [0, 0.1) is 0 Å². The number of nitrogens with zero attached hydrogens (tertiary/aromatic N) is 2. The molecule has 1 fully saturated rings. The first-order chi connectivity index (χ1) is 17.1. The van der Waals surface area contributed by atoms with Gasteiger partial charge in [0, 0.05) is 18.7 Å². The summed E-state index contributed by atoms with van der Waals surface area (Å²) >= 11 is 0. The highest BCUT2D eigenvalue weighted by Gasteiger charge is 2.46. The van der Waals surface area contributed by atoms with Gasteiger partial charge in [-0.25, -0.2) is 0 Å². The first-order valence-electron chi connectivity index (χ1n) is 13.0. The smallest absolute Gasteiger partial charge is 0.295 e. The minimum Gasteiger partial charge on any atom is -0.507 e. The number of carbonyl (C=O) groups excluding carboxylic acids is 2. The molecule has 1 heterocycles. The van der Waals surface area contributed by atoms with E-state index in [1.54, 1.807) is 23.1 Å². The van der Waals surface area contributed by atoms with Crippen molar-refractivity contribution < 1.29 is 19.4 Å². The number of benzene rings is 2. The Morgan fingerprint density at radius 1 is 1.03 bits per heavy atom. The van der Waals surface area contributed by atoms with E-state index < -0.39 is 17.7 Å². The van der Waals surface area contributed by atoms with Gasteiger partial charge in [-0.3, -0.25) is 9.59 Å². The summed E-state index contributed by atoms with van der Waals surface area (Å²) in [6.45, 7) is 15.9. The number of ketones is 1. The number of likely N-dealkylation sites (N-methyl/N-ethyl adjacent to an activating group) is 1. The second-order valence-corrected chi connectivity index (χ2v) is 10.3. The molecule has 194 valence electrons. The molecule has 2 aromatic carbocycles. The second-order valence-electron chi connectivity index (χ2n) is 10.3. The van der Waals surface area contributed by atoms with Crippen LogP contribution in [0.3, 0.4) is 0 Å². The van der Waals surface area contributed by atoms with Gasteiger partial charge >= 0.3 is 0 Å². The van der Waals surface area contributed by atoms with E-state index in [2.05, 4.69) is 39.5 Å². The maximum atomic E-state index is 13.3. The molecule has 1 N–H and O–H groups in total. The highest BCUT2D eigenvalue weighted by atomic mass is 16.5. The summed E-state index contributed by atoms with van der Waals surface area (Å²) < 4.78 is 5.72. The topological polar surface area (TPSA) is 70.1 Å². The molecular formula is C30H40N2O4. The predicted octanol–water partition coefficient (Wildman–Crippen LogP) is 5.54. The molecule has 0 saturated carbocycles. The van der Waals surface area contributed by atoms with Crippen molar-refractivity contribution in [3.8, 4) is 5.75 Å². The number of carbonyl (C=O) groups is 2. The maximum Gasteiger partial charge on any atom is 0.295 e. The van der Waals surface area contributed by atoms with E-state index in [0.717, 1.165) is 30.6 Å². The fourth-order valence-corrected chi connectivity index (χ4v) is 4.52. The Morgan fingerprint density at radius 3 is 2.28 bits per heavy atom. The SMILES string of the molecule is CCCOc1cccc(C(O)=C2C(=O)C(=O)N(CCN(CC)CC)C2c2ccc(C(C)(C)C)cc2)c1. The molecule has 0 aliphatic carbocycles. The average Bonchev–Trinajstić information content (AvgIpc) is 3.12. The van der Waals surface area contributed by atoms with Gasteiger partial charge in [0.25, 0.3) is 11.7 Å². The fourth-order valence-electron chi connectivity index (χ4n) is 4.52. The molecule has 1 atom stereocenters. The zero-order valence-corrected chi connectivity index (χ0v) is 22.5. The third-order valence-corrected chi connectivity index (χ3v) is 6.76. The highest BCUT2D eigenvalue weighted by Crippen LogP contribution is 2.40. The lowest BCUT2D eigenvalue weighted by Gasteiger charge is -2.28. The number of hydrogen-bond donors (Lipinski definition) is 1. The van der Waals surface area contributed by atoms with Crippen LogP contribution in [-0.2, 0) is 15.0 Å². The summed E-state index contributed by atoms with van der Waals surface area (Å²) in [5, 5.41) is 11.4. The largest absolute Gasteiger partial charge is 0.507 e. The number of aliphatic hydroxyl groups is 1. The quantitative estimate of drug-likeness (QED) is 0.268. The zero-order valence-electron chi connectivity index (χ0n) is 22.5. The molecule has 6 nitrogen and oxygen atoms in total. The van der Waals surface area contributed by atoms with Crippen LogP contribution in [0.4, 0.5) is 0 Å². The maximum absolute atomic E-state index is 13.3. The van der Waals surface area contributed by atoms with Crippen molar-refractivity contribution in [3.05, 3.63) is 70.8 Å². The fraction of sp³-hybridized carbons (Fsp3) is 0.467. The molecule has 36 heavy (non-hydrogen) atoms. The van der Waals surface area contributed by atoms with Crippen LogP contribution in [0.15, 0.2) is 54.1 Å². The molecule has 0 radical (unpaired) electrons. The normalized spacial score (nSPS) is 17.8. The number of hydrogen-bond acceptors (Lipinski definition) is 5. The van der Waals surface area contributed by atoms with Crippen molar-refractivity contribution in [1.82, 2.24) is 9.80 Å². The van der Waals surface area contributed by atoms with E-state index in [1.807, 2.05) is 37.3 Å². The molecule has 3 rings (SSSR count). The van der Waals surface area contributed by atoms with Gasteiger partial charge in [0.1, 0.15) is 11.5 Å². The average molecular weight is 493 g/mol. The Bertz CT molecular complexity index is 1090. The summed E-state index contributed by atoms with van der Waals surface area (Å²) in [4.78, 5) is 30.4. The van der Waals surface area contributed by atoms with Crippen LogP contribution in [0.5, 0.6) is 5.75 Å². The van der Waals surface area contributed by atoms with Gasteiger partial charge in [0.05, 0.1) is 18.2 Å². The first kappa shape index (κ1) is 27.5. The van der Waals surface area contributed by atoms with Crippen molar-refractivity contribution in [1.29, 1.82) is 0 Å². The summed E-state index contributed by atoms with van der Waals surface area (Å²) in [7, 11) is 0. The van der Waals surface area contributed by atoms with Gasteiger partial charge in [-0.1, -0.05) is 77.9 Å². The lowest BCUT2D eigenvalue weighted by molar-refractivity contribution is -0.140. The second kappa shape index (κ2) is 11.7. The van der Waals surface area contributed by atoms with Crippen LogP contribution in [-0.4, -0.2) is 59.4 Å². The van der Waals surface area contributed by atoms with Crippen LogP contribution in [0.25, 0.3) is 5.76 Å². The van der Waals surface area contributed by atoms with Gasteiger partial charge in [-0.15, -0.1) is 0 Å². The van der Waals surface area contributed by atoms with Crippen LogP contribution in [0.2, 0.25) is 0 Å². The molecule has 1 saturated heterocycles. The summed E-state index contributed by atoms with van der Waals surface area (Å²) in [6, 6.07) is 14.4. The molecule has 1 aliphatic rings. The monoisotopic (exact) mass is 492 g/mol. The van der Waals surface area contributed by atoms with E-state index in [0.29, 0.717) is 31.0 Å². The molecule has 2 aromatic rings. The summed E-state index contributed by atoms with van der Waals surface area (Å²) in [5.41, 5.74) is 2.52. The molecule has 1 unspecified atom stereocenters. The molecule has 1 aliphatic heterocycles. The summed E-state index contributed by atoms with van der Waals surface area (Å²) in [6.07, 6.45) is 0.860. The molecule has 0 aromatic heterocycles. The Labute approximate surface area is 215 Å². The Morgan fingerprint density at radius 2 is 1.69 bits per heavy atom. The van der Waals surface area contributed by atoms with Crippen LogP contribution < -0.4 is 4.74 Å². The molecule has 1 amide bonds. The van der Waals surface area contributed by atoms with Crippen LogP contribution >= 0.6 is 0 Å². The standard InChI is InChI=1S/C30H40N2O4/c1-7-19-36-24-12-10-11-22(20-24)27(33)25-26(21-13-15-23(16-14-21)30(4,5)6)32(29(35)28(25)34)18-17-31(8-2)9-3/h10-16,20,26,33H,7-9,17-19H2,1-6H3. The molecule has 6 heteroatoms. The minimum atomic E-state index is -0.658. The van der Waals surface area contributed by atoms with Gasteiger partial charge < -0.3 is 19.6 Å². The van der Waals surface area contributed by atoms with E-state index in [1.165, 1.54) is 0 Å². The molecule has 0 bridgehead atoms. The van der Waals surface area contributed by atoms with E-state index in [9.17, 15) is 14.7 Å². The summed E-state index contributed by atoms with van der Waals surface area (Å²) in [5.74, 6) is -0.794. The van der Waals surface area contributed by atoms with Crippen molar-refractivity contribution in [2.45, 2.75) is 59.4 Å². The minimum absolute atomic E-state index is 0.0258.